The first-order chi connectivity index (χ1) is 6.70. The van der Waals surface area contributed by atoms with Crippen LogP contribution in [-0.4, -0.2) is 11.7 Å². The quantitative estimate of drug-likeness (QED) is 0.440. The van der Waals surface area contributed by atoms with E-state index < -0.39 is 0 Å². The van der Waals surface area contributed by atoms with Crippen molar-refractivity contribution in [2.75, 3.05) is 5.88 Å². The van der Waals surface area contributed by atoms with Gasteiger partial charge < -0.3 is 10.3 Å². The van der Waals surface area contributed by atoms with Crippen LogP contribution in [0, 0.1) is 5.21 Å². The molecule has 0 bridgehead atoms. The fourth-order valence-electron chi connectivity index (χ4n) is 1.70. The molecule has 74 valence electrons. The average molecular weight is 212 g/mol. The van der Waals surface area contributed by atoms with Crippen LogP contribution in [0.2, 0.25) is 0 Å². The molecular weight excluding hydrogens is 202 g/mol. The number of halogens is 1. The van der Waals surface area contributed by atoms with Gasteiger partial charge in [-0.1, -0.05) is 12.1 Å². The summed E-state index contributed by atoms with van der Waals surface area (Å²) in [6.07, 6.45) is 0. The molecule has 1 heterocycles. The predicted octanol–water partition coefficient (Wildman–Crippen LogP) is 0.504. The minimum absolute atomic E-state index is 0.00721. The molecule has 1 aromatic carbocycles. The molecule has 1 aliphatic heterocycles. The topological polar surface area (TPSA) is 44.6 Å². The van der Waals surface area contributed by atoms with Gasteiger partial charge in [-0.2, -0.15) is 0 Å². The molecule has 0 aromatic heterocycles. The third-order valence-corrected chi connectivity index (χ3v) is 2.67. The van der Waals surface area contributed by atoms with E-state index in [0.29, 0.717) is 18.7 Å². The van der Waals surface area contributed by atoms with E-state index in [0.717, 1.165) is 11.1 Å². The van der Waals surface area contributed by atoms with Crippen molar-refractivity contribution in [1.82, 2.24) is 0 Å². The molecule has 0 saturated carbocycles. The lowest BCUT2D eigenvalue weighted by molar-refractivity contribution is -0.869. The normalized spacial score (nSPS) is 19.4. The number of hydrogen-bond donors (Lipinski definition) is 1. The molecule has 1 aliphatic rings. The minimum Gasteiger partial charge on any atom is -0.634 e. The Morgan fingerprint density at radius 3 is 2.86 bits per heavy atom. The van der Waals surface area contributed by atoms with Crippen LogP contribution in [0.1, 0.15) is 21.5 Å². The number of ketones is 1. The van der Waals surface area contributed by atoms with Crippen molar-refractivity contribution in [2.45, 2.75) is 13.1 Å². The second-order valence-corrected chi connectivity index (χ2v) is 3.70. The van der Waals surface area contributed by atoms with Gasteiger partial charge in [-0.15, -0.1) is 11.6 Å². The van der Waals surface area contributed by atoms with E-state index >= 15 is 0 Å². The number of hydrogen-bond acceptors (Lipinski definition) is 2. The summed E-state index contributed by atoms with van der Waals surface area (Å²) >= 11 is 5.45. The lowest BCUT2D eigenvalue weighted by Crippen LogP contribution is -3.02. The Kier molecular flexibility index (Phi) is 2.54. The van der Waals surface area contributed by atoms with Crippen LogP contribution in [0.3, 0.4) is 0 Å². The Morgan fingerprint density at radius 1 is 1.43 bits per heavy atom. The molecule has 2 rings (SSSR count). The largest absolute Gasteiger partial charge is 0.634 e. The fraction of sp³-hybridized carbons (Fsp3) is 0.300. The maximum atomic E-state index is 11.3. The zero-order valence-electron chi connectivity index (χ0n) is 7.55. The van der Waals surface area contributed by atoms with Crippen molar-refractivity contribution in [3.8, 4) is 0 Å². The van der Waals surface area contributed by atoms with Gasteiger partial charge in [0.25, 0.3) is 0 Å². The summed E-state index contributed by atoms with van der Waals surface area (Å²) in [5.74, 6) is -0.0963. The monoisotopic (exact) mass is 211 g/mol. The number of Topliss-reactive ketones (excluding diaryl/α,β-unsaturated/α-hetero) is 1. The number of benzene rings is 1. The maximum absolute atomic E-state index is 11.3. The van der Waals surface area contributed by atoms with E-state index in [1.807, 2.05) is 6.07 Å². The molecule has 0 spiro atoms. The molecule has 0 fully saturated rings. The average Bonchev–Trinajstić information content (AvgIpc) is 2.55. The second-order valence-electron chi connectivity index (χ2n) is 3.43. The van der Waals surface area contributed by atoms with Gasteiger partial charge in [-0.3, -0.25) is 4.79 Å². The smallest absolute Gasteiger partial charge is 0.177 e. The predicted molar refractivity (Wildman–Crippen MR) is 53.2 cm³/mol. The zero-order valence-corrected chi connectivity index (χ0v) is 8.30. The summed E-state index contributed by atoms with van der Waals surface area (Å²) < 4.78 is 0. The number of quaternary nitrogens is 1. The van der Waals surface area contributed by atoms with Gasteiger partial charge in [0.05, 0.1) is 5.88 Å². The van der Waals surface area contributed by atoms with Gasteiger partial charge >= 0.3 is 0 Å². The van der Waals surface area contributed by atoms with Crippen molar-refractivity contribution in [1.29, 1.82) is 0 Å². The van der Waals surface area contributed by atoms with Crippen molar-refractivity contribution in [3.05, 3.63) is 40.1 Å². The first-order valence-corrected chi connectivity index (χ1v) is 4.97. The van der Waals surface area contributed by atoms with Crippen molar-refractivity contribution >= 4 is 17.4 Å². The Bertz CT molecular complexity index is 378. The summed E-state index contributed by atoms with van der Waals surface area (Å²) in [5.41, 5.74) is 2.63. The molecule has 1 N–H and O–H groups in total. The highest BCUT2D eigenvalue weighted by Crippen LogP contribution is 2.15. The SMILES string of the molecule is O=C(CCl)c1ccc2c(c1)C[NH+]([O-])C2. The number of nitrogens with one attached hydrogen (secondary N) is 1. The number of rotatable bonds is 2. The van der Waals surface area contributed by atoms with Crippen molar-refractivity contribution < 1.29 is 9.86 Å². The Morgan fingerprint density at radius 2 is 2.14 bits per heavy atom. The van der Waals surface area contributed by atoms with Gasteiger partial charge in [0.15, 0.2) is 5.78 Å². The molecule has 0 aliphatic carbocycles. The highest BCUT2D eigenvalue weighted by atomic mass is 35.5. The Balaban J connectivity index is 2.33. The van der Waals surface area contributed by atoms with Crippen molar-refractivity contribution in [2.24, 2.45) is 0 Å². The van der Waals surface area contributed by atoms with E-state index in [9.17, 15) is 10.0 Å². The van der Waals surface area contributed by atoms with E-state index in [4.69, 9.17) is 11.6 Å². The van der Waals surface area contributed by atoms with Crippen LogP contribution < -0.4 is 5.06 Å². The second kappa shape index (κ2) is 3.69. The van der Waals surface area contributed by atoms with Crippen LogP contribution >= 0.6 is 11.6 Å². The molecule has 1 unspecified atom stereocenters. The first-order valence-electron chi connectivity index (χ1n) is 4.43. The molecule has 4 heteroatoms. The van der Waals surface area contributed by atoms with Crippen LogP contribution in [0.25, 0.3) is 0 Å². The molecule has 14 heavy (non-hydrogen) atoms. The van der Waals surface area contributed by atoms with E-state index in [2.05, 4.69) is 0 Å². The Labute approximate surface area is 86.9 Å². The molecular formula is C10H10ClNO2. The summed E-state index contributed by atoms with van der Waals surface area (Å²) in [6.45, 7) is 0.962. The molecule has 0 radical (unpaired) electrons. The summed E-state index contributed by atoms with van der Waals surface area (Å²) in [5, 5.41) is 11.4. The molecule has 0 saturated heterocycles. The lowest BCUT2D eigenvalue weighted by Gasteiger charge is -2.12. The number of alkyl halides is 1. The van der Waals surface area contributed by atoms with Crippen LogP contribution in [0.5, 0.6) is 0 Å². The van der Waals surface area contributed by atoms with Crippen LogP contribution in [-0.2, 0) is 13.1 Å². The molecule has 0 amide bonds. The van der Waals surface area contributed by atoms with E-state index in [1.165, 1.54) is 0 Å². The number of hydroxylamine groups is 2. The standard InChI is InChI=1S/C10H10ClNO2/c11-4-10(13)7-1-2-8-5-12(14)6-9(8)3-7/h1-3,12H,4-6H2. The number of carbonyl (C=O) groups is 1. The highest BCUT2D eigenvalue weighted by Gasteiger charge is 2.18. The van der Waals surface area contributed by atoms with Gasteiger partial charge in [0.2, 0.25) is 0 Å². The molecule has 1 aromatic rings. The first kappa shape index (κ1) is 9.65. The van der Waals surface area contributed by atoms with Gasteiger partial charge in [-0.05, 0) is 6.07 Å². The lowest BCUT2D eigenvalue weighted by atomic mass is 10.0. The number of fused-ring (bicyclic) bond motifs is 1. The zero-order chi connectivity index (χ0) is 10.1. The van der Waals surface area contributed by atoms with Crippen molar-refractivity contribution in [3.63, 3.8) is 0 Å². The number of carbonyl (C=O) groups excluding carboxylic acids is 1. The van der Waals surface area contributed by atoms with Gasteiger partial charge in [0.1, 0.15) is 13.1 Å². The molecule has 3 nitrogen and oxygen atoms in total. The minimum atomic E-state index is -0.0891. The third kappa shape index (κ3) is 1.66. The Hall–Kier alpha value is -0.900. The molecule has 1 atom stereocenters. The van der Waals surface area contributed by atoms with Gasteiger partial charge in [0, 0.05) is 16.7 Å². The third-order valence-electron chi connectivity index (χ3n) is 2.42. The summed E-state index contributed by atoms with van der Waals surface area (Å²) in [7, 11) is 0. The fourth-order valence-corrected chi connectivity index (χ4v) is 1.86. The van der Waals surface area contributed by atoms with E-state index in [-0.39, 0.29) is 16.7 Å². The van der Waals surface area contributed by atoms with E-state index in [1.54, 1.807) is 12.1 Å². The van der Waals surface area contributed by atoms with Crippen LogP contribution in [0.4, 0.5) is 0 Å². The summed E-state index contributed by atoms with van der Waals surface area (Å²) in [4.78, 5) is 11.3. The van der Waals surface area contributed by atoms with Gasteiger partial charge in [-0.25, -0.2) is 0 Å². The highest BCUT2D eigenvalue weighted by molar-refractivity contribution is 6.30. The van der Waals surface area contributed by atoms with Crippen LogP contribution in [0.15, 0.2) is 18.2 Å². The maximum Gasteiger partial charge on any atom is 0.177 e. The summed E-state index contributed by atoms with van der Waals surface area (Å²) in [6, 6.07) is 5.37.